The van der Waals surface area contributed by atoms with Gasteiger partial charge in [0.2, 0.25) is 0 Å². The quantitative estimate of drug-likeness (QED) is 0.678. The van der Waals surface area contributed by atoms with Gasteiger partial charge >= 0.3 is 0 Å². The van der Waals surface area contributed by atoms with Gasteiger partial charge in [-0.05, 0) is 38.3 Å². The number of aromatic amines is 1. The Hall–Kier alpha value is -0.870. The van der Waals surface area contributed by atoms with Crippen LogP contribution in [-0.4, -0.2) is 34.0 Å². The predicted molar refractivity (Wildman–Crippen MR) is 67.8 cm³/mol. The van der Waals surface area contributed by atoms with Crippen LogP contribution in [0.1, 0.15) is 37.9 Å². The van der Waals surface area contributed by atoms with Crippen LogP contribution in [0.4, 0.5) is 0 Å². The summed E-state index contributed by atoms with van der Waals surface area (Å²) in [6, 6.07) is 0.461. The number of rotatable bonds is 5. The highest BCUT2D eigenvalue weighted by Gasteiger charge is 2.46. The summed E-state index contributed by atoms with van der Waals surface area (Å²) in [7, 11) is 0. The molecule has 4 heteroatoms. The van der Waals surface area contributed by atoms with Crippen LogP contribution in [0.15, 0.2) is 6.20 Å². The number of hydrogen-bond donors (Lipinski definition) is 3. The average Bonchev–Trinajstić information content (AvgIpc) is 2.69. The van der Waals surface area contributed by atoms with E-state index in [1.807, 2.05) is 6.20 Å². The lowest BCUT2D eigenvalue weighted by Crippen LogP contribution is -2.60. The van der Waals surface area contributed by atoms with E-state index in [9.17, 15) is 5.11 Å². The van der Waals surface area contributed by atoms with Gasteiger partial charge in [0.05, 0.1) is 12.3 Å². The fraction of sp³-hybridized carbons (Fsp3) is 0.769. The van der Waals surface area contributed by atoms with E-state index in [0.29, 0.717) is 6.04 Å². The molecule has 0 spiro atoms. The van der Waals surface area contributed by atoms with Gasteiger partial charge in [-0.15, -0.1) is 0 Å². The predicted octanol–water partition coefficient (Wildman–Crippen LogP) is 1.40. The Morgan fingerprint density at radius 1 is 1.59 bits per heavy atom. The number of nitrogens with zero attached hydrogens (tertiary/aromatic N) is 1. The summed E-state index contributed by atoms with van der Waals surface area (Å²) in [5.74, 6) is 0. The molecule has 4 nitrogen and oxygen atoms in total. The zero-order valence-electron chi connectivity index (χ0n) is 11.0. The standard InChI is InChI=1S/C13H23N3O/c1-9-10(8-15-16-9)5-4-6-14-11-7-12(17)13(11,2)3/h8,11-12,14,17H,4-7H2,1-3H3,(H,15,16). The molecule has 0 aliphatic heterocycles. The molecule has 96 valence electrons. The fourth-order valence-electron chi connectivity index (χ4n) is 2.43. The second-order valence-electron chi connectivity index (χ2n) is 5.70. The Labute approximate surface area is 103 Å². The molecule has 2 rings (SSSR count). The zero-order chi connectivity index (χ0) is 12.5. The van der Waals surface area contributed by atoms with Gasteiger partial charge in [-0.1, -0.05) is 13.8 Å². The summed E-state index contributed by atoms with van der Waals surface area (Å²) in [4.78, 5) is 0. The molecule has 1 aromatic heterocycles. The molecule has 0 radical (unpaired) electrons. The third-order valence-corrected chi connectivity index (χ3v) is 4.16. The van der Waals surface area contributed by atoms with E-state index >= 15 is 0 Å². The number of aliphatic hydroxyl groups excluding tert-OH is 1. The fourth-order valence-corrected chi connectivity index (χ4v) is 2.43. The van der Waals surface area contributed by atoms with Crippen molar-refractivity contribution in [3.8, 4) is 0 Å². The summed E-state index contributed by atoms with van der Waals surface area (Å²) in [5, 5.41) is 20.1. The first-order valence-corrected chi connectivity index (χ1v) is 6.42. The molecule has 17 heavy (non-hydrogen) atoms. The molecule has 1 fully saturated rings. The van der Waals surface area contributed by atoms with E-state index in [1.54, 1.807) is 0 Å². The van der Waals surface area contributed by atoms with Crippen LogP contribution in [0.2, 0.25) is 0 Å². The molecule has 1 aromatic rings. The number of aryl methyl sites for hydroxylation is 2. The molecule has 0 bridgehead atoms. The van der Waals surface area contributed by atoms with E-state index in [0.717, 1.165) is 25.8 Å². The Kier molecular flexibility index (Phi) is 3.54. The van der Waals surface area contributed by atoms with E-state index in [1.165, 1.54) is 11.3 Å². The Bertz CT molecular complexity index is 372. The highest BCUT2D eigenvalue weighted by atomic mass is 16.3. The first-order valence-electron chi connectivity index (χ1n) is 6.42. The molecule has 2 atom stereocenters. The maximum absolute atomic E-state index is 9.64. The van der Waals surface area contributed by atoms with Crippen LogP contribution < -0.4 is 5.32 Å². The van der Waals surface area contributed by atoms with Crippen molar-refractivity contribution in [2.75, 3.05) is 6.54 Å². The number of H-pyrrole nitrogens is 1. The van der Waals surface area contributed by atoms with Crippen molar-refractivity contribution in [1.29, 1.82) is 0 Å². The van der Waals surface area contributed by atoms with Crippen LogP contribution in [0.25, 0.3) is 0 Å². The summed E-state index contributed by atoms with van der Waals surface area (Å²) < 4.78 is 0. The van der Waals surface area contributed by atoms with Crippen LogP contribution in [0.3, 0.4) is 0 Å². The molecular weight excluding hydrogens is 214 g/mol. The summed E-state index contributed by atoms with van der Waals surface area (Å²) in [6.07, 6.45) is 4.83. The highest BCUT2D eigenvalue weighted by molar-refractivity contribution is 5.14. The van der Waals surface area contributed by atoms with E-state index in [-0.39, 0.29) is 11.5 Å². The Morgan fingerprint density at radius 2 is 2.35 bits per heavy atom. The van der Waals surface area contributed by atoms with Crippen LogP contribution in [0.5, 0.6) is 0 Å². The minimum absolute atomic E-state index is 0.0333. The average molecular weight is 237 g/mol. The SMILES string of the molecule is Cc1[nH]ncc1CCCNC1CC(O)C1(C)C. The third-order valence-electron chi connectivity index (χ3n) is 4.16. The molecule has 0 aromatic carbocycles. The summed E-state index contributed by atoms with van der Waals surface area (Å²) in [6.45, 7) is 7.31. The smallest absolute Gasteiger partial charge is 0.0621 e. The van der Waals surface area contributed by atoms with Crippen molar-refractivity contribution < 1.29 is 5.11 Å². The number of aromatic nitrogens is 2. The second-order valence-corrected chi connectivity index (χ2v) is 5.70. The van der Waals surface area contributed by atoms with Crippen molar-refractivity contribution in [2.24, 2.45) is 5.41 Å². The maximum Gasteiger partial charge on any atom is 0.0621 e. The van der Waals surface area contributed by atoms with Gasteiger partial charge in [0.25, 0.3) is 0 Å². The van der Waals surface area contributed by atoms with Crippen LogP contribution in [0, 0.1) is 12.3 Å². The number of aliphatic hydroxyl groups is 1. The van der Waals surface area contributed by atoms with Gasteiger partial charge in [-0.2, -0.15) is 5.10 Å². The van der Waals surface area contributed by atoms with Crippen molar-refractivity contribution in [2.45, 2.75) is 52.2 Å². The molecule has 3 N–H and O–H groups in total. The largest absolute Gasteiger partial charge is 0.392 e. The molecule has 1 heterocycles. The van der Waals surface area contributed by atoms with Crippen molar-refractivity contribution >= 4 is 0 Å². The maximum atomic E-state index is 9.64. The minimum Gasteiger partial charge on any atom is -0.392 e. The van der Waals surface area contributed by atoms with E-state index < -0.39 is 0 Å². The number of nitrogens with one attached hydrogen (secondary N) is 2. The lowest BCUT2D eigenvalue weighted by molar-refractivity contribution is -0.0722. The van der Waals surface area contributed by atoms with Crippen molar-refractivity contribution in [1.82, 2.24) is 15.5 Å². The van der Waals surface area contributed by atoms with Crippen molar-refractivity contribution in [3.63, 3.8) is 0 Å². The molecule has 1 aliphatic rings. The summed E-state index contributed by atoms with van der Waals surface area (Å²) >= 11 is 0. The van der Waals surface area contributed by atoms with Gasteiger partial charge in [0, 0.05) is 17.2 Å². The Balaban J connectivity index is 1.66. The zero-order valence-corrected chi connectivity index (χ0v) is 11.0. The molecule has 1 aliphatic carbocycles. The molecule has 1 saturated carbocycles. The first-order chi connectivity index (χ1) is 8.01. The number of hydrogen-bond acceptors (Lipinski definition) is 3. The molecule has 2 unspecified atom stereocenters. The van der Waals surface area contributed by atoms with Crippen LogP contribution in [-0.2, 0) is 6.42 Å². The van der Waals surface area contributed by atoms with E-state index in [4.69, 9.17) is 0 Å². The highest BCUT2D eigenvalue weighted by Crippen LogP contribution is 2.40. The minimum atomic E-state index is -0.142. The van der Waals surface area contributed by atoms with Gasteiger partial charge in [-0.3, -0.25) is 5.10 Å². The van der Waals surface area contributed by atoms with Gasteiger partial charge < -0.3 is 10.4 Å². The lowest BCUT2D eigenvalue weighted by Gasteiger charge is -2.49. The first kappa shape index (κ1) is 12.6. The normalized spacial score (nSPS) is 26.8. The van der Waals surface area contributed by atoms with Crippen molar-refractivity contribution in [3.05, 3.63) is 17.5 Å². The third kappa shape index (κ3) is 2.53. The molecule has 0 amide bonds. The second kappa shape index (κ2) is 4.78. The van der Waals surface area contributed by atoms with Gasteiger partial charge in [-0.25, -0.2) is 0 Å². The lowest BCUT2D eigenvalue weighted by atomic mass is 9.64. The van der Waals surface area contributed by atoms with E-state index in [2.05, 4.69) is 36.3 Å². The van der Waals surface area contributed by atoms with Gasteiger partial charge in [0.15, 0.2) is 0 Å². The van der Waals surface area contributed by atoms with Crippen LogP contribution >= 0.6 is 0 Å². The Morgan fingerprint density at radius 3 is 2.88 bits per heavy atom. The topological polar surface area (TPSA) is 60.9 Å². The molecule has 0 saturated heterocycles. The van der Waals surface area contributed by atoms with Gasteiger partial charge in [0.1, 0.15) is 0 Å². The summed E-state index contributed by atoms with van der Waals surface area (Å²) in [5.41, 5.74) is 2.51. The monoisotopic (exact) mass is 237 g/mol. The molecular formula is C13H23N3O.